The summed E-state index contributed by atoms with van der Waals surface area (Å²) in [5.41, 5.74) is 3.59. The second kappa shape index (κ2) is 9.77. The summed E-state index contributed by atoms with van der Waals surface area (Å²) in [6.07, 6.45) is -0.105. The van der Waals surface area contributed by atoms with Crippen molar-refractivity contribution in [2.45, 2.75) is 46.3 Å². The molecule has 0 spiro atoms. The highest BCUT2D eigenvalue weighted by Crippen LogP contribution is 2.33. The number of halogens is 1. The lowest BCUT2D eigenvalue weighted by molar-refractivity contribution is 0.0464. The molecule has 0 aliphatic carbocycles. The highest BCUT2D eigenvalue weighted by Gasteiger charge is 2.25. The minimum atomic E-state index is -0.437. The molecule has 0 N–H and O–H groups in total. The van der Waals surface area contributed by atoms with Gasteiger partial charge in [0, 0.05) is 16.7 Å². The van der Waals surface area contributed by atoms with Gasteiger partial charge in [-0.1, -0.05) is 67.9 Å². The molecule has 0 aliphatic heterocycles. The Kier molecular flexibility index (Phi) is 7.11. The minimum absolute atomic E-state index is 0.00559. The van der Waals surface area contributed by atoms with Crippen LogP contribution in [-0.4, -0.2) is 17.1 Å². The molecule has 156 valence electrons. The van der Waals surface area contributed by atoms with E-state index in [-0.39, 0.29) is 18.6 Å². The van der Waals surface area contributed by atoms with Gasteiger partial charge in [0.1, 0.15) is 17.9 Å². The monoisotopic (exact) mass is 423 g/mol. The summed E-state index contributed by atoms with van der Waals surface area (Å²) in [4.78, 5) is 17.9. The lowest BCUT2D eigenvalue weighted by atomic mass is 10.00. The van der Waals surface area contributed by atoms with Gasteiger partial charge in [-0.2, -0.15) is 0 Å². The predicted molar refractivity (Wildman–Crippen MR) is 120 cm³/mol. The van der Waals surface area contributed by atoms with Crippen LogP contribution in [0.3, 0.4) is 0 Å². The van der Waals surface area contributed by atoms with Gasteiger partial charge < -0.3 is 9.47 Å². The SMILES string of the molecule is CC(C)Oc1cc(-c2ccc(Cl)cc2)nc(C(C)C)c1C(=O)OCc1ccccc1. The fourth-order valence-corrected chi connectivity index (χ4v) is 3.20. The van der Waals surface area contributed by atoms with E-state index >= 15 is 0 Å². The Morgan fingerprint density at radius 1 is 1.00 bits per heavy atom. The summed E-state index contributed by atoms with van der Waals surface area (Å²) in [5.74, 6) is 0.0473. The zero-order valence-electron chi connectivity index (χ0n) is 17.7. The normalized spacial score (nSPS) is 11.0. The Labute approximate surface area is 182 Å². The number of aromatic nitrogens is 1. The van der Waals surface area contributed by atoms with E-state index in [1.165, 1.54) is 0 Å². The number of pyridine rings is 1. The van der Waals surface area contributed by atoms with Crippen molar-refractivity contribution in [3.8, 4) is 17.0 Å². The summed E-state index contributed by atoms with van der Waals surface area (Å²) in [7, 11) is 0. The number of carbonyl (C=O) groups is 1. The molecule has 0 unspecified atom stereocenters. The van der Waals surface area contributed by atoms with E-state index in [2.05, 4.69) is 0 Å². The third-order valence-electron chi connectivity index (χ3n) is 4.48. The first-order valence-electron chi connectivity index (χ1n) is 10.0. The average molecular weight is 424 g/mol. The van der Waals surface area contributed by atoms with Crippen LogP contribution in [0, 0.1) is 0 Å². The molecule has 0 saturated heterocycles. The minimum Gasteiger partial charge on any atom is -0.490 e. The largest absolute Gasteiger partial charge is 0.490 e. The van der Waals surface area contributed by atoms with E-state index in [0.29, 0.717) is 22.0 Å². The molecule has 0 amide bonds. The Bertz CT molecular complexity index is 999. The molecule has 2 aromatic carbocycles. The summed E-state index contributed by atoms with van der Waals surface area (Å²) in [6, 6.07) is 18.8. The van der Waals surface area contributed by atoms with Crippen LogP contribution in [0.4, 0.5) is 0 Å². The van der Waals surface area contributed by atoms with E-state index in [1.807, 2.05) is 82.3 Å². The number of rotatable bonds is 7. The van der Waals surface area contributed by atoms with E-state index in [1.54, 1.807) is 6.07 Å². The number of nitrogens with zero attached hydrogens (tertiary/aromatic N) is 1. The molecule has 1 aromatic heterocycles. The Morgan fingerprint density at radius 3 is 2.27 bits per heavy atom. The lowest BCUT2D eigenvalue weighted by Crippen LogP contribution is -2.16. The standard InChI is InChI=1S/C25H26ClNO3/c1-16(2)24-23(25(28)29-15-18-8-6-5-7-9-18)22(30-17(3)4)14-21(27-24)19-10-12-20(26)13-11-19/h5-14,16-17H,15H2,1-4H3. The maximum atomic E-state index is 13.1. The third-order valence-corrected chi connectivity index (χ3v) is 4.73. The van der Waals surface area contributed by atoms with Crippen molar-refractivity contribution >= 4 is 17.6 Å². The molecule has 3 aromatic rings. The molecule has 4 nitrogen and oxygen atoms in total. The van der Waals surface area contributed by atoms with Crippen molar-refractivity contribution in [3.63, 3.8) is 0 Å². The van der Waals surface area contributed by atoms with Gasteiger partial charge >= 0.3 is 5.97 Å². The number of carbonyl (C=O) groups excluding carboxylic acids is 1. The van der Waals surface area contributed by atoms with Crippen LogP contribution >= 0.6 is 11.6 Å². The maximum absolute atomic E-state index is 13.1. The number of hydrogen-bond donors (Lipinski definition) is 0. The van der Waals surface area contributed by atoms with Crippen LogP contribution in [-0.2, 0) is 11.3 Å². The quantitative estimate of drug-likeness (QED) is 0.398. The first kappa shape index (κ1) is 21.8. The second-order valence-corrected chi connectivity index (χ2v) is 8.09. The second-order valence-electron chi connectivity index (χ2n) is 7.66. The highest BCUT2D eigenvalue weighted by molar-refractivity contribution is 6.30. The average Bonchev–Trinajstić information content (AvgIpc) is 2.72. The van der Waals surface area contributed by atoms with Crippen LogP contribution in [0.15, 0.2) is 60.7 Å². The molecule has 30 heavy (non-hydrogen) atoms. The van der Waals surface area contributed by atoms with Crippen molar-refractivity contribution in [1.82, 2.24) is 4.98 Å². The Morgan fingerprint density at radius 2 is 1.67 bits per heavy atom. The summed E-state index contributed by atoms with van der Waals surface area (Å²) >= 11 is 6.03. The van der Waals surface area contributed by atoms with Crippen LogP contribution < -0.4 is 4.74 Å². The van der Waals surface area contributed by atoms with E-state index in [0.717, 1.165) is 16.8 Å². The van der Waals surface area contributed by atoms with E-state index in [9.17, 15) is 4.79 Å². The number of benzene rings is 2. The third kappa shape index (κ3) is 5.39. The Balaban J connectivity index is 2.02. The smallest absolute Gasteiger partial charge is 0.344 e. The van der Waals surface area contributed by atoms with Crippen LogP contribution in [0.25, 0.3) is 11.3 Å². The maximum Gasteiger partial charge on any atom is 0.344 e. The first-order valence-corrected chi connectivity index (χ1v) is 10.4. The van der Waals surface area contributed by atoms with Gasteiger partial charge in [-0.05, 0) is 37.5 Å². The van der Waals surface area contributed by atoms with Gasteiger partial charge in [0.05, 0.1) is 17.5 Å². The molecule has 5 heteroatoms. The predicted octanol–water partition coefficient (Wildman–Crippen LogP) is 6.67. The molecular weight excluding hydrogens is 398 g/mol. The summed E-state index contributed by atoms with van der Waals surface area (Å²) in [5, 5.41) is 0.655. The van der Waals surface area contributed by atoms with Crippen LogP contribution in [0.2, 0.25) is 5.02 Å². The Hall–Kier alpha value is -2.85. The molecule has 0 bridgehead atoms. The van der Waals surface area contributed by atoms with Crippen molar-refractivity contribution in [2.24, 2.45) is 0 Å². The lowest BCUT2D eigenvalue weighted by Gasteiger charge is -2.20. The van der Waals surface area contributed by atoms with Crippen molar-refractivity contribution in [3.05, 3.63) is 82.5 Å². The fraction of sp³-hybridized carbons (Fsp3) is 0.280. The fourth-order valence-electron chi connectivity index (χ4n) is 3.07. The molecule has 0 fully saturated rings. The van der Waals surface area contributed by atoms with Crippen molar-refractivity contribution in [2.75, 3.05) is 0 Å². The van der Waals surface area contributed by atoms with Crippen LogP contribution in [0.1, 0.15) is 55.2 Å². The number of ether oxygens (including phenoxy) is 2. The van der Waals surface area contributed by atoms with Gasteiger partial charge in [-0.25, -0.2) is 4.79 Å². The molecule has 3 rings (SSSR count). The van der Waals surface area contributed by atoms with Crippen molar-refractivity contribution < 1.29 is 14.3 Å². The number of esters is 1. The van der Waals surface area contributed by atoms with Gasteiger partial charge in [-0.3, -0.25) is 4.98 Å². The summed E-state index contributed by atoms with van der Waals surface area (Å²) in [6.45, 7) is 8.05. The molecule has 0 aliphatic rings. The molecule has 0 radical (unpaired) electrons. The number of hydrogen-bond acceptors (Lipinski definition) is 4. The molecule has 0 saturated carbocycles. The van der Waals surface area contributed by atoms with E-state index in [4.69, 9.17) is 26.1 Å². The van der Waals surface area contributed by atoms with E-state index < -0.39 is 5.97 Å². The zero-order valence-corrected chi connectivity index (χ0v) is 18.4. The van der Waals surface area contributed by atoms with Gasteiger partial charge in [0.25, 0.3) is 0 Å². The van der Waals surface area contributed by atoms with Gasteiger partial charge in [0.15, 0.2) is 0 Å². The topological polar surface area (TPSA) is 48.4 Å². The zero-order chi connectivity index (χ0) is 21.7. The van der Waals surface area contributed by atoms with Crippen molar-refractivity contribution in [1.29, 1.82) is 0 Å². The molecule has 1 heterocycles. The van der Waals surface area contributed by atoms with Crippen LogP contribution in [0.5, 0.6) is 5.75 Å². The molecular formula is C25H26ClNO3. The van der Waals surface area contributed by atoms with Gasteiger partial charge in [0.2, 0.25) is 0 Å². The highest BCUT2D eigenvalue weighted by atomic mass is 35.5. The first-order chi connectivity index (χ1) is 14.3. The summed E-state index contributed by atoms with van der Waals surface area (Å²) < 4.78 is 11.6. The van der Waals surface area contributed by atoms with Gasteiger partial charge in [-0.15, -0.1) is 0 Å². The molecule has 0 atom stereocenters.